The maximum absolute atomic E-state index is 11.3. The van der Waals surface area contributed by atoms with Crippen LogP contribution in [0, 0.1) is 10.8 Å². The Kier molecular flexibility index (Phi) is 38.3. The highest BCUT2D eigenvalue weighted by Gasteiger charge is 2.38. The molecular weight excluding hydrogens is 1410 g/mol. The molecule has 28 heteroatoms. The Labute approximate surface area is 627 Å². The molecular formula is C80H94O28. The summed E-state index contributed by atoms with van der Waals surface area (Å²) >= 11 is 0. The fourth-order valence-corrected chi connectivity index (χ4v) is 9.48. The van der Waals surface area contributed by atoms with Gasteiger partial charge in [0, 0.05) is 60.4 Å². The van der Waals surface area contributed by atoms with Crippen molar-refractivity contribution in [2.75, 3.05) is 159 Å². The summed E-state index contributed by atoms with van der Waals surface area (Å²) in [5, 5.41) is 0. The molecule has 0 bridgehead atoms. The first-order chi connectivity index (χ1) is 52.4. The molecule has 4 unspecified atom stereocenters. The van der Waals surface area contributed by atoms with Gasteiger partial charge in [-0.15, -0.1) is 0 Å². The molecule has 0 spiro atoms. The van der Waals surface area contributed by atoms with Gasteiger partial charge < -0.3 is 94.7 Å². The second-order valence-corrected chi connectivity index (χ2v) is 24.2. The second kappa shape index (κ2) is 47.9. The van der Waals surface area contributed by atoms with Crippen LogP contribution in [-0.4, -0.2) is 231 Å². The summed E-state index contributed by atoms with van der Waals surface area (Å²) in [6.07, 6.45) is 8.67. The van der Waals surface area contributed by atoms with Gasteiger partial charge in [0.1, 0.15) is 132 Å². The standard InChI is InChI=1S/C38H38O8.C25H36O12.C17H20O8/c1-9-29(39-17-33-21-43-33)10-2-25(1)37(26-3-11-30(12-4-26)40-18-34-22-44-34)38(27-5-13-31(14-6-27)41-19-35-23-45-35)28-7-15-32(16-8-28)42-20-36-24-46-36;1-5-21(26)34-13-9-30-17-25(18-31-10-14-35-22(27)6-2,19-32-11-15-36-23(28)7-3)20-33-12-16-37-24(29)8-4;1-5-13(18)22-9-17(10-23-14(19)6-2,11-24-15(20)7-3)12-25-16(21)8-4/h1-16,33-38H,17-24H2;5-8H,1-4,9-20H2;5-8H,1-4,9-12H2. The van der Waals surface area contributed by atoms with E-state index in [0.29, 0.717) is 26.4 Å². The summed E-state index contributed by atoms with van der Waals surface area (Å²) in [4.78, 5) is 90.1. The molecule has 4 aliphatic rings. The van der Waals surface area contributed by atoms with E-state index in [4.69, 9.17) is 94.7 Å². The topological polar surface area (TPSA) is 334 Å². The number of esters is 8. The molecule has 108 heavy (non-hydrogen) atoms. The summed E-state index contributed by atoms with van der Waals surface area (Å²) in [7, 11) is 0. The van der Waals surface area contributed by atoms with Crippen LogP contribution in [0.1, 0.15) is 34.1 Å². The predicted molar refractivity (Wildman–Crippen MR) is 388 cm³/mol. The number of hydrogen-bond donors (Lipinski definition) is 0. The maximum atomic E-state index is 11.3. The highest BCUT2D eigenvalue weighted by Crippen LogP contribution is 2.45. The predicted octanol–water partition coefficient (Wildman–Crippen LogP) is 7.61. The van der Waals surface area contributed by atoms with Crippen molar-refractivity contribution in [2.24, 2.45) is 10.8 Å². The first-order valence-corrected chi connectivity index (χ1v) is 34.4. The Balaban J connectivity index is 0.000000267. The van der Waals surface area contributed by atoms with Gasteiger partial charge in [0.05, 0.1) is 84.7 Å². The zero-order valence-electron chi connectivity index (χ0n) is 60.4. The van der Waals surface area contributed by atoms with E-state index in [9.17, 15) is 38.4 Å². The van der Waals surface area contributed by atoms with Crippen LogP contribution in [0.15, 0.2) is 198 Å². The van der Waals surface area contributed by atoms with Crippen LogP contribution in [0.5, 0.6) is 23.0 Å². The summed E-state index contributed by atoms with van der Waals surface area (Å²) in [5.74, 6) is -2.05. The molecule has 4 saturated heterocycles. The molecule has 0 aromatic heterocycles. The molecule has 0 amide bonds. The Bertz CT molecular complexity index is 3090. The lowest BCUT2D eigenvalue weighted by Gasteiger charge is -2.33. The van der Waals surface area contributed by atoms with E-state index in [1.165, 1.54) is 22.3 Å². The van der Waals surface area contributed by atoms with Gasteiger partial charge >= 0.3 is 47.8 Å². The van der Waals surface area contributed by atoms with Crippen molar-refractivity contribution in [2.45, 2.75) is 36.3 Å². The first kappa shape index (κ1) is 86.4. The zero-order chi connectivity index (χ0) is 77.8. The van der Waals surface area contributed by atoms with Crippen LogP contribution in [0.4, 0.5) is 0 Å². The Morgan fingerprint density at radius 3 is 0.639 bits per heavy atom. The summed E-state index contributed by atoms with van der Waals surface area (Å²) in [5.41, 5.74) is 2.50. The maximum Gasteiger partial charge on any atom is 0.330 e. The van der Waals surface area contributed by atoms with Crippen molar-refractivity contribution in [1.29, 1.82) is 0 Å². The number of rotatable bonds is 53. The van der Waals surface area contributed by atoms with Crippen molar-refractivity contribution in [3.8, 4) is 23.0 Å². The van der Waals surface area contributed by atoms with Crippen LogP contribution in [0.25, 0.3) is 0 Å². The lowest BCUT2D eigenvalue weighted by atomic mass is 9.73. The quantitative estimate of drug-likeness (QED) is 0.0135. The lowest BCUT2D eigenvalue weighted by Crippen LogP contribution is -2.43. The average molecular weight is 1500 g/mol. The number of hydrogen-bond acceptors (Lipinski definition) is 28. The van der Waals surface area contributed by atoms with Gasteiger partial charge in [-0.2, -0.15) is 0 Å². The van der Waals surface area contributed by atoms with Crippen LogP contribution in [0.3, 0.4) is 0 Å². The molecule has 0 aliphatic carbocycles. The molecule has 0 N–H and O–H groups in total. The average Bonchev–Trinajstić information content (AvgIpc) is 0.853. The van der Waals surface area contributed by atoms with E-state index in [1.54, 1.807) is 0 Å². The van der Waals surface area contributed by atoms with E-state index < -0.39 is 58.6 Å². The SMILES string of the molecule is C=CC(=O)OCC(COC(=O)C=C)(COC(=O)C=C)COC(=O)C=C.C=CC(=O)OCCOCC(COCCOC(=O)C=C)(COCCOC(=O)C=C)COCCOC(=O)C=C.c1cc(C(c2ccc(OCC3CO3)cc2)C(c2ccc(OCC3CO3)cc2)c2ccc(OCC3CO3)cc2)ccc1OCC1CO1. The van der Waals surface area contributed by atoms with Crippen molar-refractivity contribution in [3.63, 3.8) is 0 Å². The summed E-state index contributed by atoms with van der Waals surface area (Å²) in [6, 6.07) is 33.9. The Hall–Kier alpha value is -10.6. The second-order valence-electron chi connectivity index (χ2n) is 24.2. The van der Waals surface area contributed by atoms with Gasteiger partial charge in [-0.25, -0.2) is 38.4 Å². The molecule has 4 fully saturated rings. The zero-order valence-corrected chi connectivity index (χ0v) is 60.4. The van der Waals surface area contributed by atoms with E-state index in [2.05, 4.69) is 150 Å². The van der Waals surface area contributed by atoms with Crippen molar-refractivity contribution < 1.29 is 133 Å². The molecule has 4 aliphatic heterocycles. The Morgan fingerprint density at radius 1 is 0.287 bits per heavy atom. The van der Waals surface area contributed by atoms with Crippen LogP contribution >= 0.6 is 0 Å². The van der Waals surface area contributed by atoms with Gasteiger partial charge in [0.2, 0.25) is 0 Å². The number of benzene rings is 4. The number of epoxide rings is 4. The molecule has 0 radical (unpaired) electrons. The smallest absolute Gasteiger partial charge is 0.330 e. The molecule has 8 rings (SSSR count). The largest absolute Gasteiger partial charge is 0.491 e. The molecule has 0 saturated carbocycles. The molecule has 28 nitrogen and oxygen atoms in total. The minimum absolute atomic E-state index is 0.00395. The minimum Gasteiger partial charge on any atom is -0.491 e. The number of carbonyl (C=O) groups is 8. The van der Waals surface area contributed by atoms with Crippen molar-refractivity contribution >= 4 is 47.8 Å². The summed E-state index contributed by atoms with van der Waals surface area (Å²) < 4.78 is 107. The molecule has 4 heterocycles. The van der Waals surface area contributed by atoms with E-state index in [0.717, 1.165) is 98.0 Å². The molecule has 582 valence electrons. The highest BCUT2D eigenvalue weighted by atomic mass is 16.6. The van der Waals surface area contributed by atoms with Crippen LogP contribution in [0.2, 0.25) is 0 Å². The summed E-state index contributed by atoms with van der Waals surface area (Å²) in [6.45, 7) is 30.7. The van der Waals surface area contributed by atoms with Gasteiger partial charge in [0.15, 0.2) is 0 Å². The normalized spacial score (nSPS) is 16.0. The van der Waals surface area contributed by atoms with E-state index >= 15 is 0 Å². The van der Waals surface area contributed by atoms with Crippen LogP contribution < -0.4 is 18.9 Å². The number of carbonyl (C=O) groups excluding carboxylic acids is 8. The highest BCUT2D eigenvalue weighted by molar-refractivity contribution is 5.84. The molecule has 4 aromatic rings. The fourth-order valence-electron chi connectivity index (χ4n) is 9.48. The van der Waals surface area contributed by atoms with Gasteiger partial charge in [-0.05, 0) is 70.8 Å². The van der Waals surface area contributed by atoms with Crippen molar-refractivity contribution in [3.05, 3.63) is 221 Å². The molecule has 4 aromatic carbocycles. The van der Waals surface area contributed by atoms with E-state index in [-0.39, 0.29) is 142 Å². The molecule has 4 atom stereocenters. The third kappa shape index (κ3) is 34.3. The monoisotopic (exact) mass is 1500 g/mol. The third-order valence-electron chi connectivity index (χ3n) is 15.6. The van der Waals surface area contributed by atoms with Gasteiger partial charge in [0.25, 0.3) is 0 Å². The minimum atomic E-state index is -1.34. The fraction of sp³-hybridized carbons (Fsp3) is 0.400. The van der Waals surface area contributed by atoms with Crippen LogP contribution in [-0.2, 0) is 114 Å². The number of ether oxygens (including phenoxy) is 20. The van der Waals surface area contributed by atoms with E-state index in [1.807, 2.05) is 0 Å². The van der Waals surface area contributed by atoms with Crippen molar-refractivity contribution in [1.82, 2.24) is 0 Å². The Morgan fingerprint density at radius 2 is 0.463 bits per heavy atom. The van der Waals surface area contributed by atoms with Gasteiger partial charge in [-0.1, -0.05) is 101 Å². The lowest BCUT2D eigenvalue weighted by molar-refractivity contribution is -0.164. The first-order valence-electron chi connectivity index (χ1n) is 34.4. The third-order valence-corrected chi connectivity index (χ3v) is 15.6. The van der Waals surface area contributed by atoms with Gasteiger partial charge in [-0.3, -0.25) is 0 Å².